The van der Waals surface area contributed by atoms with Crippen molar-refractivity contribution in [2.45, 2.75) is 32.4 Å². The Morgan fingerprint density at radius 2 is 1.92 bits per heavy atom. The molecule has 1 aromatic heterocycles. The Labute approximate surface area is 142 Å². The van der Waals surface area contributed by atoms with Crippen molar-refractivity contribution in [2.24, 2.45) is 0 Å². The Kier molecular flexibility index (Phi) is 7.93. The minimum Gasteiger partial charge on any atom is -0.478 e. The highest BCUT2D eigenvalue weighted by atomic mass is 16.5. The third kappa shape index (κ3) is 6.89. The van der Waals surface area contributed by atoms with Crippen LogP contribution in [-0.2, 0) is 17.9 Å². The smallest absolute Gasteiger partial charge is 0.335 e. The summed E-state index contributed by atoms with van der Waals surface area (Å²) in [4.78, 5) is 14.8. The molecule has 5 heteroatoms. The summed E-state index contributed by atoms with van der Waals surface area (Å²) in [5.41, 5.74) is 2.53. The second-order valence-corrected chi connectivity index (χ2v) is 5.65. The summed E-state index contributed by atoms with van der Waals surface area (Å²) in [5, 5.41) is 12.2. The molecule has 2 aromatic rings. The topological polar surface area (TPSA) is 71.5 Å². The zero-order valence-electron chi connectivity index (χ0n) is 13.8. The number of hydrogen-bond acceptors (Lipinski definition) is 4. The van der Waals surface area contributed by atoms with Gasteiger partial charge in [-0.05, 0) is 55.1 Å². The molecule has 0 radical (unpaired) electrons. The molecule has 0 atom stereocenters. The average molecular weight is 328 g/mol. The largest absolute Gasteiger partial charge is 0.478 e. The van der Waals surface area contributed by atoms with Gasteiger partial charge in [0.1, 0.15) is 0 Å². The summed E-state index contributed by atoms with van der Waals surface area (Å²) in [6.07, 6.45) is 6.86. The van der Waals surface area contributed by atoms with Crippen molar-refractivity contribution in [3.8, 4) is 0 Å². The number of rotatable bonds is 11. The van der Waals surface area contributed by atoms with Gasteiger partial charge in [-0.25, -0.2) is 4.79 Å². The first-order valence-electron chi connectivity index (χ1n) is 8.25. The molecule has 2 rings (SSSR count). The summed E-state index contributed by atoms with van der Waals surface area (Å²) in [6, 6.07) is 10.9. The first-order valence-corrected chi connectivity index (χ1v) is 8.25. The van der Waals surface area contributed by atoms with Crippen molar-refractivity contribution < 1.29 is 14.6 Å². The maximum absolute atomic E-state index is 10.8. The van der Waals surface area contributed by atoms with E-state index in [4.69, 9.17) is 9.84 Å². The van der Waals surface area contributed by atoms with Crippen LogP contribution in [0.15, 0.2) is 48.8 Å². The predicted molar refractivity (Wildman–Crippen MR) is 92.9 cm³/mol. The molecule has 0 saturated carbocycles. The van der Waals surface area contributed by atoms with Crippen LogP contribution in [0.25, 0.3) is 0 Å². The number of unbranched alkanes of at least 4 members (excludes halogenated alkanes) is 2. The third-order valence-corrected chi connectivity index (χ3v) is 3.66. The maximum atomic E-state index is 10.8. The highest BCUT2D eigenvalue weighted by Gasteiger charge is 2.01. The molecule has 0 aliphatic carbocycles. The molecule has 0 amide bonds. The van der Waals surface area contributed by atoms with Gasteiger partial charge < -0.3 is 15.2 Å². The lowest BCUT2D eigenvalue weighted by Crippen LogP contribution is -2.14. The first kappa shape index (κ1) is 18.1. The SMILES string of the molecule is O=C(O)c1ccc(CNCCCCCOCc2cccnc2)cc1. The van der Waals surface area contributed by atoms with Gasteiger partial charge in [0.25, 0.3) is 0 Å². The molecule has 0 aliphatic heterocycles. The van der Waals surface area contributed by atoms with Gasteiger partial charge in [-0.1, -0.05) is 18.2 Å². The molecule has 0 bridgehead atoms. The molecule has 1 aromatic carbocycles. The van der Waals surface area contributed by atoms with E-state index < -0.39 is 5.97 Å². The van der Waals surface area contributed by atoms with Crippen LogP contribution < -0.4 is 5.32 Å². The summed E-state index contributed by atoms with van der Waals surface area (Å²) < 4.78 is 5.62. The van der Waals surface area contributed by atoms with Crippen LogP contribution in [0.3, 0.4) is 0 Å². The second-order valence-electron chi connectivity index (χ2n) is 5.65. The van der Waals surface area contributed by atoms with Crippen molar-refractivity contribution in [3.63, 3.8) is 0 Å². The number of carbonyl (C=O) groups is 1. The van der Waals surface area contributed by atoms with Crippen LogP contribution in [-0.4, -0.2) is 29.2 Å². The van der Waals surface area contributed by atoms with Crippen LogP contribution in [0.4, 0.5) is 0 Å². The fraction of sp³-hybridized carbons (Fsp3) is 0.368. The van der Waals surface area contributed by atoms with Gasteiger partial charge in [0.2, 0.25) is 0 Å². The van der Waals surface area contributed by atoms with Gasteiger partial charge in [-0.3, -0.25) is 4.98 Å². The van der Waals surface area contributed by atoms with E-state index >= 15 is 0 Å². The quantitative estimate of drug-likeness (QED) is 0.620. The van der Waals surface area contributed by atoms with Crippen LogP contribution in [0.2, 0.25) is 0 Å². The summed E-state index contributed by atoms with van der Waals surface area (Å²) >= 11 is 0. The summed E-state index contributed by atoms with van der Waals surface area (Å²) in [7, 11) is 0. The number of pyridine rings is 1. The number of aromatic nitrogens is 1. The first-order chi connectivity index (χ1) is 11.8. The molecule has 0 fully saturated rings. The fourth-order valence-corrected chi connectivity index (χ4v) is 2.30. The standard InChI is InChI=1S/C19H24N2O3/c22-19(23)18-8-6-16(7-9-18)13-20-10-2-1-3-12-24-15-17-5-4-11-21-14-17/h4-9,11,14,20H,1-3,10,12-13,15H2,(H,22,23). The van der Waals surface area contributed by atoms with E-state index in [2.05, 4.69) is 10.3 Å². The number of hydrogen-bond donors (Lipinski definition) is 2. The van der Waals surface area contributed by atoms with E-state index in [0.717, 1.165) is 50.1 Å². The predicted octanol–water partition coefficient (Wildman–Crippen LogP) is 3.26. The fourth-order valence-electron chi connectivity index (χ4n) is 2.30. The van der Waals surface area contributed by atoms with Gasteiger partial charge in [-0.15, -0.1) is 0 Å². The molecule has 0 saturated heterocycles. The van der Waals surface area contributed by atoms with Crippen molar-refractivity contribution in [2.75, 3.05) is 13.2 Å². The molecular formula is C19H24N2O3. The van der Waals surface area contributed by atoms with E-state index in [0.29, 0.717) is 12.2 Å². The normalized spacial score (nSPS) is 10.7. The lowest BCUT2D eigenvalue weighted by atomic mass is 10.1. The molecule has 0 spiro atoms. The zero-order valence-corrected chi connectivity index (χ0v) is 13.8. The lowest BCUT2D eigenvalue weighted by Gasteiger charge is -2.06. The van der Waals surface area contributed by atoms with Crippen molar-refractivity contribution in [1.29, 1.82) is 0 Å². The van der Waals surface area contributed by atoms with Crippen LogP contribution >= 0.6 is 0 Å². The molecule has 5 nitrogen and oxygen atoms in total. The lowest BCUT2D eigenvalue weighted by molar-refractivity contribution is 0.0697. The number of ether oxygens (including phenoxy) is 1. The molecule has 0 aliphatic rings. The molecule has 2 N–H and O–H groups in total. The van der Waals surface area contributed by atoms with E-state index in [1.807, 2.05) is 30.5 Å². The monoisotopic (exact) mass is 328 g/mol. The maximum Gasteiger partial charge on any atom is 0.335 e. The van der Waals surface area contributed by atoms with Crippen LogP contribution in [0.1, 0.15) is 40.7 Å². The molecular weight excluding hydrogens is 304 g/mol. The van der Waals surface area contributed by atoms with E-state index in [9.17, 15) is 4.79 Å². The Morgan fingerprint density at radius 1 is 1.08 bits per heavy atom. The Morgan fingerprint density at radius 3 is 2.62 bits per heavy atom. The van der Waals surface area contributed by atoms with Gasteiger partial charge in [0.15, 0.2) is 0 Å². The number of aromatic carboxylic acids is 1. The van der Waals surface area contributed by atoms with Gasteiger partial charge in [0.05, 0.1) is 12.2 Å². The van der Waals surface area contributed by atoms with Crippen molar-refractivity contribution in [3.05, 3.63) is 65.5 Å². The number of nitrogens with one attached hydrogen (secondary N) is 1. The summed E-state index contributed by atoms with van der Waals surface area (Å²) in [6.45, 7) is 3.10. The minimum absolute atomic E-state index is 0.324. The van der Waals surface area contributed by atoms with Gasteiger partial charge in [0, 0.05) is 25.5 Å². The average Bonchev–Trinajstić information content (AvgIpc) is 2.61. The van der Waals surface area contributed by atoms with Gasteiger partial charge in [-0.2, -0.15) is 0 Å². The molecule has 128 valence electrons. The van der Waals surface area contributed by atoms with Crippen molar-refractivity contribution >= 4 is 5.97 Å². The Bertz CT molecular complexity index is 600. The number of nitrogens with zero attached hydrogens (tertiary/aromatic N) is 1. The molecule has 0 unspecified atom stereocenters. The molecule has 24 heavy (non-hydrogen) atoms. The van der Waals surface area contributed by atoms with Crippen molar-refractivity contribution in [1.82, 2.24) is 10.3 Å². The second kappa shape index (κ2) is 10.5. The minimum atomic E-state index is -0.889. The van der Waals surface area contributed by atoms with Crippen LogP contribution in [0, 0.1) is 0 Å². The highest BCUT2D eigenvalue weighted by molar-refractivity contribution is 5.87. The highest BCUT2D eigenvalue weighted by Crippen LogP contribution is 2.05. The Balaban J connectivity index is 1.46. The van der Waals surface area contributed by atoms with E-state index in [-0.39, 0.29) is 0 Å². The zero-order chi connectivity index (χ0) is 17.0. The summed E-state index contributed by atoms with van der Waals surface area (Å²) in [5.74, 6) is -0.889. The number of carboxylic acids is 1. The van der Waals surface area contributed by atoms with E-state index in [1.165, 1.54) is 0 Å². The van der Waals surface area contributed by atoms with Crippen LogP contribution in [0.5, 0.6) is 0 Å². The van der Waals surface area contributed by atoms with Gasteiger partial charge >= 0.3 is 5.97 Å². The molecule has 1 heterocycles. The third-order valence-electron chi connectivity index (χ3n) is 3.66. The number of benzene rings is 1. The number of carboxylic acid groups (broad SMARTS) is 1. The Hall–Kier alpha value is -2.24. The van der Waals surface area contributed by atoms with E-state index in [1.54, 1.807) is 18.3 Å².